The fourth-order valence-electron chi connectivity index (χ4n) is 3.37. The number of anilines is 1. The molecule has 3 amide bonds. The maximum atomic E-state index is 13.5. The van der Waals surface area contributed by atoms with Crippen LogP contribution < -0.4 is 10.6 Å². The van der Waals surface area contributed by atoms with Crippen molar-refractivity contribution in [1.82, 2.24) is 10.2 Å². The van der Waals surface area contributed by atoms with Crippen LogP contribution in [0.3, 0.4) is 0 Å². The van der Waals surface area contributed by atoms with Gasteiger partial charge in [0.1, 0.15) is 18.2 Å². The van der Waals surface area contributed by atoms with Crippen LogP contribution in [0.15, 0.2) is 36.4 Å². The van der Waals surface area contributed by atoms with Gasteiger partial charge in [-0.15, -0.1) is 0 Å². The zero-order chi connectivity index (χ0) is 24.9. The standard InChI is InChI=1S/C25H32ClN3O4/c1-15-11-12-18(17(3)13-15)22(23(31)28-21-16(2)9-8-10-19(21)26)29(7)20(30)14-27-24(32)33-25(4,5)6/h8-13,22H,14H2,1-7H3,(H,27,32)(H,28,31). The van der Waals surface area contributed by atoms with E-state index in [0.29, 0.717) is 16.3 Å². The number of rotatable bonds is 6. The number of hydrogen-bond donors (Lipinski definition) is 2. The number of amides is 3. The van der Waals surface area contributed by atoms with Crippen molar-refractivity contribution in [3.8, 4) is 0 Å². The lowest BCUT2D eigenvalue weighted by Gasteiger charge is -2.29. The van der Waals surface area contributed by atoms with Gasteiger partial charge in [-0.1, -0.05) is 47.5 Å². The van der Waals surface area contributed by atoms with Gasteiger partial charge < -0.3 is 20.3 Å². The van der Waals surface area contributed by atoms with Crippen LogP contribution in [-0.4, -0.2) is 42.0 Å². The van der Waals surface area contributed by atoms with Crippen LogP contribution in [0.25, 0.3) is 0 Å². The molecule has 0 saturated heterocycles. The van der Waals surface area contributed by atoms with Crippen LogP contribution in [0.5, 0.6) is 0 Å². The van der Waals surface area contributed by atoms with E-state index >= 15 is 0 Å². The van der Waals surface area contributed by atoms with E-state index in [1.807, 2.05) is 45.0 Å². The van der Waals surface area contributed by atoms with Gasteiger partial charge in [-0.05, 0) is 64.3 Å². The van der Waals surface area contributed by atoms with Crippen LogP contribution in [0.1, 0.15) is 49.1 Å². The number of hydrogen-bond acceptors (Lipinski definition) is 4. The molecule has 0 radical (unpaired) electrons. The number of ether oxygens (including phenoxy) is 1. The minimum atomic E-state index is -0.936. The Morgan fingerprint density at radius 3 is 2.30 bits per heavy atom. The maximum Gasteiger partial charge on any atom is 0.408 e. The summed E-state index contributed by atoms with van der Waals surface area (Å²) < 4.78 is 5.18. The fraction of sp³-hybridized carbons (Fsp3) is 0.400. The monoisotopic (exact) mass is 473 g/mol. The van der Waals surface area contributed by atoms with Crippen LogP contribution in [0.4, 0.5) is 10.5 Å². The molecule has 2 aromatic rings. The van der Waals surface area contributed by atoms with Crippen molar-refractivity contribution in [2.75, 3.05) is 18.9 Å². The molecule has 2 aromatic carbocycles. The SMILES string of the molecule is Cc1ccc(C(C(=O)Nc2c(C)cccc2Cl)N(C)C(=O)CNC(=O)OC(C)(C)C)c(C)c1. The molecule has 0 fully saturated rings. The number of carbonyl (C=O) groups is 3. The van der Waals surface area contributed by atoms with Gasteiger partial charge in [-0.3, -0.25) is 9.59 Å². The van der Waals surface area contributed by atoms with E-state index in [0.717, 1.165) is 16.7 Å². The predicted molar refractivity (Wildman–Crippen MR) is 130 cm³/mol. The summed E-state index contributed by atoms with van der Waals surface area (Å²) in [7, 11) is 1.53. The first-order valence-corrected chi connectivity index (χ1v) is 11.0. The number of carbonyl (C=O) groups excluding carboxylic acids is 3. The molecule has 0 aliphatic rings. The molecule has 0 aliphatic heterocycles. The summed E-state index contributed by atoms with van der Waals surface area (Å²) in [6.45, 7) is 10.6. The second kappa shape index (κ2) is 10.7. The van der Waals surface area contributed by atoms with Crippen molar-refractivity contribution in [2.45, 2.75) is 53.2 Å². The highest BCUT2D eigenvalue weighted by molar-refractivity contribution is 6.34. The summed E-state index contributed by atoms with van der Waals surface area (Å²) in [6, 6.07) is 10.1. The summed E-state index contributed by atoms with van der Waals surface area (Å²) in [4.78, 5) is 39.7. The molecule has 8 heteroatoms. The summed E-state index contributed by atoms with van der Waals surface area (Å²) in [5.74, 6) is -0.858. The molecule has 7 nitrogen and oxygen atoms in total. The van der Waals surface area contributed by atoms with Gasteiger partial charge >= 0.3 is 6.09 Å². The largest absolute Gasteiger partial charge is 0.444 e. The van der Waals surface area contributed by atoms with Crippen molar-refractivity contribution in [1.29, 1.82) is 0 Å². The van der Waals surface area contributed by atoms with E-state index in [-0.39, 0.29) is 6.54 Å². The van der Waals surface area contributed by atoms with Gasteiger partial charge in [0.05, 0.1) is 10.7 Å². The summed E-state index contributed by atoms with van der Waals surface area (Å²) >= 11 is 6.30. The molecule has 0 aromatic heterocycles. The number of nitrogens with zero attached hydrogens (tertiary/aromatic N) is 1. The molecule has 0 heterocycles. The van der Waals surface area contributed by atoms with Crippen molar-refractivity contribution in [3.63, 3.8) is 0 Å². The third-order valence-corrected chi connectivity index (χ3v) is 5.32. The highest BCUT2D eigenvalue weighted by Gasteiger charge is 2.31. The number of alkyl carbamates (subject to hydrolysis) is 1. The topological polar surface area (TPSA) is 87.7 Å². The van der Waals surface area contributed by atoms with Crippen LogP contribution in [0.2, 0.25) is 5.02 Å². The average Bonchev–Trinajstić information content (AvgIpc) is 2.69. The Morgan fingerprint density at radius 1 is 1.06 bits per heavy atom. The number of aryl methyl sites for hydroxylation is 3. The van der Waals surface area contributed by atoms with Gasteiger partial charge in [0.25, 0.3) is 5.91 Å². The van der Waals surface area contributed by atoms with Crippen molar-refractivity contribution in [2.24, 2.45) is 0 Å². The van der Waals surface area contributed by atoms with Crippen molar-refractivity contribution >= 4 is 35.2 Å². The van der Waals surface area contributed by atoms with E-state index in [1.54, 1.807) is 32.9 Å². The number of para-hydroxylation sites is 1. The molecule has 2 rings (SSSR count). The maximum absolute atomic E-state index is 13.5. The summed E-state index contributed by atoms with van der Waals surface area (Å²) in [5, 5.41) is 5.73. The van der Waals surface area contributed by atoms with Gasteiger partial charge in [-0.2, -0.15) is 0 Å². The van der Waals surface area contributed by atoms with Crippen molar-refractivity contribution in [3.05, 3.63) is 63.7 Å². The minimum Gasteiger partial charge on any atom is -0.444 e. The second-order valence-electron chi connectivity index (χ2n) is 9.04. The Balaban J connectivity index is 2.31. The minimum absolute atomic E-state index is 0.314. The highest BCUT2D eigenvalue weighted by atomic mass is 35.5. The number of benzene rings is 2. The first-order chi connectivity index (χ1) is 15.3. The van der Waals surface area contributed by atoms with Crippen LogP contribution in [0, 0.1) is 20.8 Å². The van der Waals surface area contributed by atoms with E-state index in [4.69, 9.17) is 16.3 Å². The molecular formula is C25H32ClN3O4. The Morgan fingerprint density at radius 2 is 1.73 bits per heavy atom. The Hall–Kier alpha value is -3.06. The van der Waals surface area contributed by atoms with E-state index in [9.17, 15) is 14.4 Å². The van der Waals surface area contributed by atoms with E-state index < -0.39 is 29.6 Å². The lowest BCUT2D eigenvalue weighted by Crippen LogP contribution is -2.44. The predicted octanol–water partition coefficient (Wildman–Crippen LogP) is 4.93. The quantitative estimate of drug-likeness (QED) is 0.622. The first-order valence-electron chi connectivity index (χ1n) is 10.7. The summed E-state index contributed by atoms with van der Waals surface area (Å²) in [6.07, 6.45) is -0.705. The number of likely N-dealkylation sites (N-methyl/N-ethyl adjacent to an activating group) is 1. The summed E-state index contributed by atoms with van der Waals surface area (Å²) in [5.41, 5.74) is 3.19. The molecule has 2 N–H and O–H groups in total. The fourth-order valence-corrected chi connectivity index (χ4v) is 3.64. The number of halogens is 1. The molecule has 0 bridgehead atoms. The molecule has 1 unspecified atom stereocenters. The van der Waals surface area contributed by atoms with E-state index in [2.05, 4.69) is 10.6 Å². The molecule has 33 heavy (non-hydrogen) atoms. The average molecular weight is 474 g/mol. The van der Waals surface area contributed by atoms with Crippen LogP contribution in [-0.2, 0) is 14.3 Å². The third-order valence-electron chi connectivity index (χ3n) is 5.00. The highest BCUT2D eigenvalue weighted by Crippen LogP contribution is 2.30. The smallest absolute Gasteiger partial charge is 0.408 e. The zero-order valence-electron chi connectivity index (χ0n) is 20.2. The van der Waals surface area contributed by atoms with Crippen molar-refractivity contribution < 1.29 is 19.1 Å². The molecule has 0 aliphatic carbocycles. The molecule has 0 saturated carbocycles. The van der Waals surface area contributed by atoms with Gasteiger partial charge in [-0.25, -0.2) is 4.79 Å². The second-order valence-corrected chi connectivity index (χ2v) is 9.45. The van der Waals surface area contributed by atoms with Gasteiger partial charge in [0.2, 0.25) is 5.91 Å². The third kappa shape index (κ3) is 7.22. The lowest BCUT2D eigenvalue weighted by molar-refractivity contribution is -0.136. The first kappa shape index (κ1) is 26.2. The molecule has 1 atom stereocenters. The van der Waals surface area contributed by atoms with Crippen LogP contribution >= 0.6 is 11.6 Å². The molecular weight excluding hydrogens is 442 g/mol. The van der Waals surface area contributed by atoms with Gasteiger partial charge in [0.15, 0.2) is 0 Å². The Kier molecular flexibility index (Phi) is 8.50. The molecule has 178 valence electrons. The lowest BCUT2D eigenvalue weighted by atomic mass is 9.97. The molecule has 0 spiro atoms. The Bertz CT molecular complexity index is 1030. The Labute approximate surface area is 200 Å². The zero-order valence-corrected chi connectivity index (χ0v) is 21.0. The number of nitrogens with one attached hydrogen (secondary N) is 2. The van der Waals surface area contributed by atoms with Gasteiger partial charge in [0, 0.05) is 7.05 Å². The normalized spacial score (nSPS) is 12.0. The van der Waals surface area contributed by atoms with E-state index in [1.165, 1.54) is 11.9 Å².